The van der Waals surface area contributed by atoms with E-state index in [-0.39, 0.29) is 6.10 Å². The first-order valence-corrected chi connectivity index (χ1v) is 6.30. The molecule has 2 N–H and O–H groups in total. The van der Waals surface area contributed by atoms with E-state index in [4.69, 9.17) is 19.9 Å². The molecule has 3 rings (SSSR count). The molecule has 0 saturated carbocycles. The lowest BCUT2D eigenvalue weighted by molar-refractivity contribution is 0.0765. The fourth-order valence-corrected chi connectivity index (χ4v) is 2.39. The lowest BCUT2D eigenvalue weighted by Crippen LogP contribution is -2.22. The van der Waals surface area contributed by atoms with Crippen molar-refractivity contribution in [3.63, 3.8) is 0 Å². The van der Waals surface area contributed by atoms with Crippen LogP contribution in [0.15, 0.2) is 24.3 Å². The van der Waals surface area contributed by atoms with Gasteiger partial charge in [-0.05, 0) is 12.1 Å². The molecule has 5 nitrogen and oxygen atoms in total. The topological polar surface area (TPSA) is 70.8 Å². The summed E-state index contributed by atoms with van der Waals surface area (Å²) >= 11 is 0. The molecule has 0 radical (unpaired) electrons. The summed E-state index contributed by atoms with van der Waals surface area (Å²) in [6.07, 6.45) is 2.52. The van der Waals surface area contributed by atoms with Gasteiger partial charge in [-0.15, -0.1) is 0 Å². The summed E-state index contributed by atoms with van der Waals surface area (Å²) < 4.78 is 16.2. The van der Waals surface area contributed by atoms with Gasteiger partial charge in [0.2, 0.25) is 0 Å². The van der Waals surface area contributed by atoms with Gasteiger partial charge in [0.05, 0.1) is 13.2 Å². The highest BCUT2D eigenvalue weighted by Gasteiger charge is 2.25. The van der Waals surface area contributed by atoms with E-state index in [1.165, 1.54) is 0 Å². The van der Waals surface area contributed by atoms with Crippen LogP contribution in [0.25, 0.3) is 5.76 Å². The average Bonchev–Trinajstić information content (AvgIpc) is 2.91. The lowest BCUT2D eigenvalue weighted by atomic mass is 10.0. The maximum atomic E-state index is 10.9. The summed E-state index contributed by atoms with van der Waals surface area (Å²) in [4.78, 5) is 10.9. The van der Waals surface area contributed by atoms with Crippen molar-refractivity contribution >= 4 is 11.9 Å². The molecule has 2 heterocycles. The minimum atomic E-state index is -0.760. The van der Waals surface area contributed by atoms with E-state index in [0.29, 0.717) is 13.0 Å². The van der Waals surface area contributed by atoms with Gasteiger partial charge in [0, 0.05) is 24.0 Å². The van der Waals surface area contributed by atoms with Crippen LogP contribution in [0, 0.1) is 0 Å². The Kier molecular flexibility index (Phi) is 3.03. The van der Waals surface area contributed by atoms with Crippen LogP contribution in [0.2, 0.25) is 0 Å². The van der Waals surface area contributed by atoms with Crippen LogP contribution in [0.5, 0.6) is 5.75 Å². The number of hydrogen-bond acceptors (Lipinski definition) is 4. The van der Waals surface area contributed by atoms with Crippen molar-refractivity contribution in [2.45, 2.75) is 18.9 Å². The highest BCUT2D eigenvalue weighted by molar-refractivity contribution is 5.66. The standard InChI is InChI=1S/C14H15NO4/c15-14(16)19-12-5-7-18-13-8-9(3-4-10(12)13)11-2-1-6-17-11/h2-4,8,12H,1,5-7H2,(H2,15,16). The highest BCUT2D eigenvalue weighted by atomic mass is 16.6. The van der Waals surface area contributed by atoms with Crippen molar-refractivity contribution in [2.24, 2.45) is 5.73 Å². The van der Waals surface area contributed by atoms with E-state index in [9.17, 15) is 4.79 Å². The first-order valence-electron chi connectivity index (χ1n) is 6.30. The van der Waals surface area contributed by atoms with Gasteiger partial charge in [-0.3, -0.25) is 0 Å². The Bertz CT molecular complexity index is 538. The second-order valence-electron chi connectivity index (χ2n) is 4.52. The predicted octanol–water partition coefficient (Wildman–Crippen LogP) is 2.37. The third-order valence-electron chi connectivity index (χ3n) is 3.25. The molecule has 0 aromatic heterocycles. The van der Waals surface area contributed by atoms with Crippen LogP contribution < -0.4 is 10.5 Å². The Morgan fingerprint density at radius 1 is 1.32 bits per heavy atom. The number of carbonyl (C=O) groups is 1. The second-order valence-corrected chi connectivity index (χ2v) is 4.52. The predicted molar refractivity (Wildman–Crippen MR) is 68.5 cm³/mol. The van der Waals surface area contributed by atoms with E-state index in [2.05, 4.69) is 6.08 Å². The molecule has 19 heavy (non-hydrogen) atoms. The molecule has 0 aliphatic carbocycles. The molecular weight excluding hydrogens is 246 g/mol. The third-order valence-corrected chi connectivity index (χ3v) is 3.25. The van der Waals surface area contributed by atoms with Gasteiger partial charge in [0.25, 0.3) is 0 Å². The summed E-state index contributed by atoms with van der Waals surface area (Å²) in [6, 6.07) is 5.77. The number of hydrogen-bond donors (Lipinski definition) is 1. The molecule has 0 bridgehead atoms. The molecule has 1 aromatic rings. The zero-order chi connectivity index (χ0) is 13.2. The van der Waals surface area contributed by atoms with E-state index in [1.54, 1.807) is 0 Å². The van der Waals surface area contributed by atoms with E-state index < -0.39 is 6.09 Å². The Hall–Kier alpha value is -2.17. The molecule has 0 spiro atoms. The van der Waals surface area contributed by atoms with Gasteiger partial charge in [-0.1, -0.05) is 12.1 Å². The highest BCUT2D eigenvalue weighted by Crippen LogP contribution is 2.37. The molecule has 0 saturated heterocycles. The number of fused-ring (bicyclic) bond motifs is 1. The van der Waals surface area contributed by atoms with E-state index in [1.807, 2.05) is 18.2 Å². The molecular formula is C14H15NO4. The van der Waals surface area contributed by atoms with Gasteiger partial charge in [-0.25, -0.2) is 4.79 Å². The Balaban J connectivity index is 1.90. The van der Waals surface area contributed by atoms with Gasteiger partial charge in [0.1, 0.15) is 17.6 Å². The van der Waals surface area contributed by atoms with Crippen LogP contribution in [0.4, 0.5) is 4.79 Å². The molecule has 2 aliphatic rings. The Labute approximate surface area is 110 Å². The maximum Gasteiger partial charge on any atom is 0.405 e. The van der Waals surface area contributed by atoms with Crippen LogP contribution >= 0.6 is 0 Å². The SMILES string of the molecule is NC(=O)OC1CCOc2cc(C3=CCCO3)ccc21. The molecule has 1 amide bonds. The smallest absolute Gasteiger partial charge is 0.405 e. The van der Waals surface area contributed by atoms with E-state index >= 15 is 0 Å². The monoisotopic (exact) mass is 261 g/mol. The van der Waals surface area contributed by atoms with Crippen molar-refractivity contribution in [1.82, 2.24) is 0 Å². The molecule has 1 atom stereocenters. The van der Waals surface area contributed by atoms with Crippen molar-refractivity contribution in [2.75, 3.05) is 13.2 Å². The van der Waals surface area contributed by atoms with Gasteiger partial charge < -0.3 is 19.9 Å². The zero-order valence-corrected chi connectivity index (χ0v) is 10.4. The quantitative estimate of drug-likeness (QED) is 0.887. The number of rotatable bonds is 2. The van der Waals surface area contributed by atoms with Gasteiger partial charge in [0.15, 0.2) is 0 Å². The molecule has 1 unspecified atom stereocenters. The number of primary amides is 1. The lowest BCUT2D eigenvalue weighted by Gasteiger charge is -2.25. The zero-order valence-electron chi connectivity index (χ0n) is 10.4. The van der Waals surface area contributed by atoms with Crippen LogP contribution in [0.3, 0.4) is 0 Å². The Morgan fingerprint density at radius 2 is 2.21 bits per heavy atom. The number of nitrogens with two attached hydrogens (primary N) is 1. The van der Waals surface area contributed by atoms with E-state index in [0.717, 1.165) is 35.7 Å². The third kappa shape index (κ3) is 2.36. The molecule has 5 heteroatoms. The molecule has 1 aromatic carbocycles. The fourth-order valence-electron chi connectivity index (χ4n) is 2.39. The summed E-state index contributed by atoms with van der Waals surface area (Å²) in [6.45, 7) is 1.23. The number of amides is 1. The Morgan fingerprint density at radius 3 is 2.95 bits per heavy atom. The molecule has 0 fully saturated rings. The van der Waals surface area contributed by atoms with Crippen molar-refractivity contribution < 1.29 is 19.0 Å². The summed E-state index contributed by atoms with van der Waals surface area (Å²) in [5.41, 5.74) is 6.92. The first kappa shape index (κ1) is 11.9. The van der Waals surface area contributed by atoms with Crippen molar-refractivity contribution in [3.8, 4) is 5.75 Å². The maximum absolute atomic E-state index is 10.9. The summed E-state index contributed by atoms with van der Waals surface area (Å²) in [5, 5.41) is 0. The van der Waals surface area contributed by atoms with Crippen molar-refractivity contribution in [3.05, 3.63) is 35.4 Å². The first-order chi connectivity index (χ1) is 9.24. The van der Waals surface area contributed by atoms with Crippen molar-refractivity contribution in [1.29, 1.82) is 0 Å². The summed E-state index contributed by atoms with van der Waals surface area (Å²) in [7, 11) is 0. The normalized spacial score (nSPS) is 20.8. The number of ether oxygens (including phenoxy) is 3. The largest absolute Gasteiger partial charge is 0.493 e. The van der Waals surface area contributed by atoms with Gasteiger partial charge >= 0.3 is 6.09 Å². The van der Waals surface area contributed by atoms with Gasteiger partial charge in [-0.2, -0.15) is 0 Å². The second kappa shape index (κ2) is 4.84. The fraction of sp³-hybridized carbons (Fsp3) is 0.357. The average molecular weight is 261 g/mol. The minimum absolute atomic E-state index is 0.325. The number of carbonyl (C=O) groups excluding carboxylic acids is 1. The molecule has 100 valence electrons. The minimum Gasteiger partial charge on any atom is -0.493 e. The van der Waals surface area contributed by atoms with Crippen LogP contribution in [0.1, 0.15) is 30.1 Å². The number of benzene rings is 1. The van der Waals surface area contributed by atoms with Crippen LogP contribution in [-0.2, 0) is 9.47 Å². The summed E-state index contributed by atoms with van der Waals surface area (Å²) in [5.74, 6) is 1.61. The van der Waals surface area contributed by atoms with Crippen LogP contribution in [-0.4, -0.2) is 19.3 Å². The molecule has 2 aliphatic heterocycles.